The smallest absolute Gasteiger partial charge is 0.289 e. The van der Waals surface area contributed by atoms with Crippen LogP contribution in [0.1, 0.15) is 32.6 Å². The number of carbonyl (C=O) groups excluding carboxylic acids is 1. The van der Waals surface area contributed by atoms with E-state index in [4.69, 9.17) is 0 Å². The number of hydrogen-bond acceptors (Lipinski definition) is 1. The topological polar surface area (TPSA) is 17.1 Å². The molecule has 2 aromatic carbocycles. The van der Waals surface area contributed by atoms with Crippen molar-refractivity contribution in [2.75, 3.05) is 0 Å². The highest BCUT2D eigenvalue weighted by atomic mass is 79.9. The van der Waals surface area contributed by atoms with Crippen LogP contribution < -0.4 is 0 Å². The van der Waals surface area contributed by atoms with Crippen molar-refractivity contribution in [2.45, 2.75) is 20.0 Å². The van der Waals surface area contributed by atoms with Gasteiger partial charge in [-0.25, -0.2) is 0 Å². The Bertz CT molecular complexity index is 705. The van der Waals surface area contributed by atoms with Crippen LogP contribution in [-0.2, 0) is 6.18 Å². The molecular formula is C16H12BrF3O. The van der Waals surface area contributed by atoms with Gasteiger partial charge in [0.1, 0.15) is 0 Å². The Morgan fingerprint density at radius 1 is 1.05 bits per heavy atom. The van der Waals surface area contributed by atoms with E-state index in [9.17, 15) is 18.0 Å². The van der Waals surface area contributed by atoms with Gasteiger partial charge in [0, 0.05) is 15.6 Å². The highest BCUT2D eigenvalue weighted by molar-refractivity contribution is 9.10. The van der Waals surface area contributed by atoms with Crippen LogP contribution in [0.4, 0.5) is 13.2 Å². The second-order valence-corrected chi connectivity index (χ2v) is 5.62. The minimum Gasteiger partial charge on any atom is -0.289 e. The summed E-state index contributed by atoms with van der Waals surface area (Å²) in [6.07, 6.45) is -4.40. The van der Waals surface area contributed by atoms with Crippen molar-refractivity contribution in [1.82, 2.24) is 0 Å². The molecule has 0 bridgehead atoms. The lowest BCUT2D eigenvalue weighted by Crippen LogP contribution is -2.10. The Labute approximate surface area is 128 Å². The normalized spacial score (nSPS) is 11.5. The predicted molar refractivity (Wildman–Crippen MR) is 78.5 cm³/mol. The minimum absolute atomic E-state index is 0.278. The van der Waals surface area contributed by atoms with Crippen LogP contribution in [0.2, 0.25) is 0 Å². The summed E-state index contributed by atoms with van der Waals surface area (Å²) in [5.41, 5.74) is 1.09. The number of ketones is 1. The maximum absolute atomic E-state index is 12.6. The molecule has 5 heteroatoms. The molecule has 0 saturated heterocycles. The summed E-state index contributed by atoms with van der Waals surface area (Å²) in [7, 11) is 0. The molecular weight excluding hydrogens is 345 g/mol. The molecule has 0 aliphatic carbocycles. The molecule has 0 aliphatic rings. The van der Waals surface area contributed by atoms with E-state index >= 15 is 0 Å². The fraction of sp³-hybridized carbons (Fsp3) is 0.188. The van der Waals surface area contributed by atoms with Gasteiger partial charge in [-0.3, -0.25) is 4.79 Å². The molecule has 0 fully saturated rings. The summed E-state index contributed by atoms with van der Waals surface area (Å²) in [5, 5.41) is 0. The van der Waals surface area contributed by atoms with Gasteiger partial charge in [0.2, 0.25) is 0 Å². The van der Waals surface area contributed by atoms with E-state index < -0.39 is 11.7 Å². The quantitative estimate of drug-likeness (QED) is 0.666. The predicted octanol–water partition coefficient (Wildman–Crippen LogP) is 5.32. The molecule has 21 heavy (non-hydrogen) atoms. The molecule has 110 valence electrons. The molecule has 0 spiro atoms. The molecule has 0 unspecified atom stereocenters. The van der Waals surface area contributed by atoms with Crippen molar-refractivity contribution in [3.05, 3.63) is 68.7 Å². The number of halogens is 4. The molecule has 0 amide bonds. The number of carbonyl (C=O) groups is 1. The molecule has 0 atom stereocenters. The zero-order valence-corrected chi connectivity index (χ0v) is 13.0. The molecule has 0 aliphatic heterocycles. The van der Waals surface area contributed by atoms with Crippen LogP contribution in [0, 0.1) is 13.8 Å². The molecule has 0 aromatic heterocycles. The van der Waals surface area contributed by atoms with Crippen molar-refractivity contribution in [3.8, 4) is 0 Å². The monoisotopic (exact) mass is 356 g/mol. The average Bonchev–Trinajstić information content (AvgIpc) is 2.40. The number of hydrogen-bond donors (Lipinski definition) is 0. The van der Waals surface area contributed by atoms with Crippen molar-refractivity contribution in [2.24, 2.45) is 0 Å². The van der Waals surface area contributed by atoms with Crippen molar-refractivity contribution < 1.29 is 18.0 Å². The largest absolute Gasteiger partial charge is 0.416 e. The lowest BCUT2D eigenvalue weighted by molar-refractivity contribution is -0.137. The van der Waals surface area contributed by atoms with Crippen LogP contribution in [0.15, 0.2) is 40.9 Å². The summed E-state index contributed by atoms with van der Waals surface area (Å²) >= 11 is 3.34. The Morgan fingerprint density at radius 3 is 2.29 bits per heavy atom. The maximum atomic E-state index is 12.6. The van der Waals surface area contributed by atoms with Crippen LogP contribution >= 0.6 is 15.9 Å². The average molecular weight is 357 g/mol. The van der Waals surface area contributed by atoms with Crippen LogP contribution in [0.3, 0.4) is 0 Å². The van der Waals surface area contributed by atoms with E-state index in [2.05, 4.69) is 15.9 Å². The van der Waals surface area contributed by atoms with Crippen molar-refractivity contribution >= 4 is 21.7 Å². The molecule has 1 nitrogen and oxygen atoms in total. The first-order chi connectivity index (χ1) is 9.71. The van der Waals surface area contributed by atoms with Gasteiger partial charge in [0.15, 0.2) is 5.78 Å². The van der Waals surface area contributed by atoms with E-state index in [1.165, 1.54) is 13.0 Å². The maximum Gasteiger partial charge on any atom is 0.416 e. The van der Waals surface area contributed by atoms with Gasteiger partial charge in [-0.1, -0.05) is 34.1 Å². The van der Waals surface area contributed by atoms with Gasteiger partial charge in [0.05, 0.1) is 5.56 Å². The summed E-state index contributed by atoms with van der Waals surface area (Å²) in [5.74, 6) is -0.278. The van der Waals surface area contributed by atoms with Crippen molar-refractivity contribution in [3.63, 3.8) is 0 Å². The third-order valence-electron chi connectivity index (χ3n) is 3.31. The van der Waals surface area contributed by atoms with Crippen LogP contribution in [0.25, 0.3) is 0 Å². The van der Waals surface area contributed by atoms with E-state index in [1.807, 2.05) is 6.07 Å². The van der Waals surface area contributed by atoms with Gasteiger partial charge in [0.25, 0.3) is 0 Å². The highest BCUT2D eigenvalue weighted by Crippen LogP contribution is 2.31. The zero-order valence-electron chi connectivity index (χ0n) is 11.4. The second kappa shape index (κ2) is 5.64. The second-order valence-electron chi connectivity index (χ2n) is 4.77. The summed E-state index contributed by atoms with van der Waals surface area (Å²) in [6.45, 7) is 3.30. The van der Waals surface area contributed by atoms with Gasteiger partial charge in [-0.15, -0.1) is 0 Å². The van der Waals surface area contributed by atoms with Crippen LogP contribution in [-0.4, -0.2) is 5.78 Å². The van der Waals surface area contributed by atoms with Crippen molar-refractivity contribution in [1.29, 1.82) is 0 Å². The number of rotatable bonds is 2. The fourth-order valence-corrected chi connectivity index (χ4v) is 2.46. The van der Waals surface area contributed by atoms with E-state index in [1.54, 1.807) is 19.1 Å². The van der Waals surface area contributed by atoms with E-state index in [0.717, 1.165) is 22.2 Å². The van der Waals surface area contributed by atoms with E-state index in [0.29, 0.717) is 11.1 Å². The molecule has 0 saturated carbocycles. The summed E-state index contributed by atoms with van der Waals surface area (Å²) in [4.78, 5) is 12.5. The molecule has 0 radical (unpaired) electrons. The molecule has 0 heterocycles. The van der Waals surface area contributed by atoms with Crippen LogP contribution in [0.5, 0.6) is 0 Å². The standard InChI is InChI=1S/C16H12BrF3O/c1-9-8-11(16(18,19)20)6-7-12(9)15(21)13-4-3-5-14(17)10(13)2/h3-8H,1-2H3. The van der Waals surface area contributed by atoms with Gasteiger partial charge in [-0.05, 0) is 43.2 Å². The van der Waals surface area contributed by atoms with Gasteiger partial charge < -0.3 is 0 Å². The molecule has 2 aromatic rings. The highest BCUT2D eigenvalue weighted by Gasteiger charge is 2.31. The Hall–Kier alpha value is -1.62. The third kappa shape index (κ3) is 3.18. The Kier molecular flexibility index (Phi) is 4.23. The third-order valence-corrected chi connectivity index (χ3v) is 4.17. The minimum atomic E-state index is -4.40. The lowest BCUT2D eigenvalue weighted by Gasteiger charge is -2.12. The number of benzene rings is 2. The van der Waals surface area contributed by atoms with E-state index in [-0.39, 0.29) is 11.3 Å². The number of aryl methyl sites for hydroxylation is 1. The molecule has 2 rings (SSSR count). The SMILES string of the molecule is Cc1cc(C(F)(F)F)ccc1C(=O)c1cccc(Br)c1C. The Morgan fingerprint density at radius 2 is 1.71 bits per heavy atom. The summed E-state index contributed by atoms with van der Waals surface area (Å²) in [6, 6.07) is 8.38. The van der Waals surface area contributed by atoms with Gasteiger partial charge >= 0.3 is 6.18 Å². The number of alkyl halides is 3. The first-order valence-corrected chi connectivity index (χ1v) is 6.99. The summed E-state index contributed by atoms with van der Waals surface area (Å²) < 4.78 is 38.7. The first kappa shape index (κ1) is 15.8. The Balaban J connectivity index is 2.48. The van der Waals surface area contributed by atoms with Gasteiger partial charge in [-0.2, -0.15) is 13.2 Å². The first-order valence-electron chi connectivity index (χ1n) is 6.19. The zero-order chi connectivity index (χ0) is 15.8. The molecule has 0 N–H and O–H groups in total. The fourth-order valence-electron chi connectivity index (χ4n) is 2.09. The lowest BCUT2D eigenvalue weighted by atomic mass is 9.95.